The van der Waals surface area contributed by atoms with Gasteiger partial charge in [-0.1, -0.05) is 11.6 Å². The molecule has 2 aromatic rings. The number of nitrogens with zero attached hydrogens (tertiary/aromatic N) is 2. The van der Waals surface area contributed by atoms with Crippen LogP contribution in [0.2, 0.25) is 5.02 Å². The van der Waals surface area contributed by atoms with E-state index in [9.17, 15) is 13.6 Å². The van der Waals surface area contributed by atoms with E-state index in [4.69, 9.17) is 11.6 Å². The van der Waals surface area contributed by atoms with E-state index >= 15 is 0 Å². The van der Waals surface area contributed by atoms with Crippen molar-refractivity contribution in [2.75, 3.05) is 42.9 Å². The topological polar surface area (TPSA) is 35.6 Å². The Balaban J connectivity index is 1.42. The summed E-state index contributed by atoms with van der Waals surface area (Å²) in [6, 6.07) is 10.6. The molecule has 0 bridgehead atoms. The Labute approximate surface area is 156 Å². The Morgan fingerprint density at radius 1 is 1.04 bits per heavy atom. The third-order valence-electron chi connectivity index (χ3n) is 4.42. The Bertz CT molecular complexity index is 762. The first kappa shape index (κ1) is 18.6. The molecule has 1 aliphatic heterocycles. The molecule has 2 aromatic carbocycles. The quantitative estimate of drug-likeness (QED) is 0.859. The summed E-state index contributed by atoms with van der Waals surface area (Å²) < 4.78 is 26.1. The molecule has 0 unspecified atom stereocenters. The highest BCUT2D eigenvalue weighted by Crippen LogP contribution is 2.20. The number of anilines is 2. The summed E-state index contributed by atoms with van der Waals surface area (Å²) in [5.41, 5.74) is 1.50. The molecular weight excluding hydrogens is 360 g/mol. The monoisotopic (exact) mass is 379 g/mol. The molecule has 0 atom stereocenters. The van der Waals surface area contributed by atoms with E-state index in [-0.39, 0.29) is 16.7 Å². The van der Waals surface area contributed by atoms with Gasteiger partial charge in [0, 0.05) is 50.5 Å². The molecule has 0 spiro atoms. The van der Waals surface area contributed by atoms with E-state index < -0.39 is 5.82 Å². The molecule has 1 N–H and O–H groups in total. The van der Waals surface area contributed by atoms with Gasteiger partial charge in [-0.2, -0.15) is 0 Å². The van der Waals surface area contributed by atoms with Crippen LogP contribution >= 0.6 is 11.6 Å². The van der Waals surface area contributed by atoms with E-state index in [1.54, 1.807) is 12.1 Å². The second-order valence-electron chi connectivity index (χ2n) is 6.23. The number of amides is 1. The lowest BCUT2D eigenvalue weighted by molar-refractivity contribution is -0.116. The number of carbonyl (C=O) groups is 1. The van der Waals surface area contributed by atoms with Gasteiger partial charge in [0.15, 0.2) is 0 Å². The predicted octanol–water partition coefficient (Wildman–Crippen LogP) is 3.77. The Morgan fingerprint density at radius 3 is 2.38 bits per heavy atom. The average molecular weight is 380 g/mol. The molecule has 0 radical (unpaired) electrons. The molecule has 4 nitrogen and oxygen atoms in total. The maximum Gasteiger partial charge on any atom is 0.225 e. The van der Waals surface area contributed by atoms with E-state index in [2.05, 4.69) is 15.1 Å². The summed E-state index contributed by atoms with van der Waals surface area (Å²) in [5.74, 6) is -0.877. The molecule has 7 heteroatoms. The summed E-state index contributed by atoms with van der Waals surface area (Å²) in [6.07, 6.45) is 0.353. The molecule has 0 aromatic heterocycles. The van der Waals surface area contributed by atoms with Crippen molar-refractivity contribution in [3.05, 3.63) is 59.1 Å². The van der Waals surface area contributed by atoms with Crippen LogP contribution in [0.1, 0.15) is 6.42 Å². The highest BCUT2D eigenvalue weighted by Gasteiger charge is 2.18. The van der Waals surface area contributed by atoms with Crippen LogP contribution in [0.25, 0.3) is 0 Å². The van der Waals surface area contributed by atoms with Crippen LogP contribution < -0.4 is 10.2 Å². The van der Waals surface area contributed by atoms with E-state index in [0.29, 0.717) is 18.7 Å². The Morgan fingerprint density at radius 2 is 1.73 bits per heavy atom. The van der Waals surface area contributed by atoms with Crippen molar-refractivity contribution in [1.82, 2.24) is 4.90 Å². The standard InChI is InChI=1S/C19H20ClF2N3O/c20-17-13-15(3-6-18(17)22)23-19(26)7-8-24-9-11-25(12-10-24)16-4-1-14(21)2-5-16/h1-6,13H,7-12H2,(H,23,26). The molecular formula is C19H20ClF2N3O. The number of piperazine rings is 1. The number of hydrogen-bond acceptors (Lipinski definition) is 3. The van der Waals surface area contributed by atoms with Crippen LogP contribution in [0.3, 0.4) is 0 Å². The highest BCUT2D eigenvalue weighted by molar-refractivity contribution is 6.31. The number of nitrogens with one attached hydrogen (secondary N) is 1. The van der Waals surface area contributed by atoms with E-state index in [1.807, 2.05) is 0 Å². The van der Waals surface area contributed by atoms with Gasteiger partial charge in [0.2, 0.25) is 5.91 Å². The maximum atomic E-state index is 13.1. The zero-order valence-corrected chi connectivity index (χ0v) is 15.0. The minimum atomic E-state index is -0.510. The lowest BCUT2D eigenvalue weighted by atomic mass is 10.2. The molecule has 1 amide bonds. The van der Waals surface area contributed by atoms with Crippen LogP contribution in [0, 0.1) is 11.6 Å². The molecule has 0 saturated carbocycles. The van der Waals surface area contributed by atoms with Gasteiger partial charge in [0.05, 0.1) is 5.02 Å². The number of halogens is 3. The Hall–Kier alpha value is -2.18. The van der Waals surface area contributed by atoms with Crippen LogP contribution in [0.4, 0.5) is 20.2 Å². The molecule has 1 heterocycles. The fourth-order valence-corrected chi connectivity index (χ4v) is 3.12. The van der Waals surface area contributed by atoms with Crippen molar-refractivity contribution < 1.29 is 13.6 Å². The first-order chi connectivity index (χ1) is 12.5. The van der Waals surface area contributed by atoms with Crippen LogP contribution in [-0.4, -0.2) is 43.5 Å². The first-order valence-corrected chi connectivity index (χ1v) is 8.87. The first-order valence-electron chi connectivity index (χ1n) is 8.49. The zero-order chi connectivity index (χ0) is 18.5. The van der Waals surface area contributed by atoms with E-state index in [0.717, 1.165) is 31.9 Å². The number of rotatable bonds is 5. The smallest absolute Gasteiger partial charge is 0.225 e. The molecule has 3 rings (SSSR count). The lowest BCUT2D eigenvalue weighted by Gasteiger charge is -2.36. The van der Waals surface area contributed by atoms with Crippen molar-refractivity contribution in [3.8, 4) is 0 Å². The van der Waals surface area contributed by atoms with Gasteiger partial charge in [-0.25, -0.2) is 8.78 Å². The summed E-state index contributed by atoms with van der Waals surface area (Å²) in [4.78, 5) is 16.5. The number of benzene rings is 2. The van der Waals surface area contributed by atoms with Crippen molar-refractivity contribution in [2.45, 2.75) is 6.42 Å². The van der Waals surface area contributed by atoms with Gasteiger partial charge in [0.25, 0.3) is 0 Å². The molecule has 138 valence electrons. The second kappa shape index (κ2) is 8.47. The molecule has 1 saturated heterocycles. The fraction of sp³-hybridized carbons (Fsp3) is 0.316. The normalized spacial score (nSPS) is 15.1. The molecule has 0 aliphatic carbocycles. The lowest BCUT2D eigenvalue weighted by Crippen LogP contribution is -2.47. The minimum absolute atomic E-state index is 0.0142. The van der Waals surface area contributed by atoms with Gasteiger partial charge in [-0.05, 0) is 42.5 Å². The average Bonchev–Trinajstić information content (AvgIpc) is 2.64. The summed E-state index contributed by atoms with van der Waals surface area (Å²) >= 11 is 5.71. The largest absolute Gasteiger partial charge is 0.369 e. The molecule has 1 aliphatic rings. The molecule has 1 fully saturated rings. The maximum absolute atomic E-state index is 13.1. The van der Waals surface area contributed by atoms with Crippen LogP contribution in [0.5, 0.6) is 0 Å². The van der Waals surface area contributed by atoms with Gasteiger partial charge in [-0.15, -0.1) is 0 Å². The zero-order valence-electron chi connectivity index (χ0n) is 14.2. The van der Waals surface area contributed by atoms with Crippen molar-refractivity contribution in [1.29, 1.82) is 0 Å². The molecule has 26 heavy (non-hydrogen) atoms. The predicted molar refractivity (Wildman–Crippen MR) is 99.7 cm³/mol. The Kier molecular flexibility index (Phi) is 6.06. The third-order valence-corrected chi connectivity index (χ3v) is 4.71. The van der Waals surface area contributed by atoms with Gasteiger partial charge in [-0.3, -0.25) is 9.69 Å². The van der Waals surface area contributed by atoms with Gasteiger partial charge < -0.3 is 10.2 Å². The summed E-state index contributed by atoms with van der Waals surface area (Å²) in [6.45, 7) is 4.00. The van der Waals surface area contributed by atoms with Gasteiger partial charge >= 0.3 is 0 Å². The van der Waals surface area contributed by atoms with Crippen molar-refractivity contribution in [3.63, 3.8) is 0 Å². The van der Waals surface area contributed by atoms with Gasteiger partial charge in [0.1, 0.15) is 11.6 Å². The number of hydrogen-bond donors (Lipinski definition) is 1. The van der Waals surface area contributed by atoms with Crippen LogP contribution in [-0.2, 0) is 4.79 Å². The minimum Gasteiger partial charge on any atom is -0.369 e. The SMILES string of the molecule is O=C(CCN1CCN(c2ccc(F)cc2)CC1)Nc1ccc(F)c(Cl)c1. The fourth-order valence-electron chi connectivity index (χ4n) is 2.94. The summed E-state index contributed by atoms with van der Waals surface area (Å²) in [7, 11) is 0. The summed E-state index contributed by atoms with van der Waals surface area (Å²) in [5, 5.41) is 2.71. The van der Waals surface area contributed by atoms with E-state index in [1.165, 1.54) is 30.3 Å². The second-order valence-corrected chi connectivity index (χ2v) is 6.64. The number of carbonyl (C=O) groups excluding carboxylic acids is 1. The van der Waals surface area contributed by atoms with Crippen molar-refractivity contribution in [2.24, 2.45) is 0 Å². The van der Waals surface area contributed by atoms with Crippen molar-refractivity contribution >= 4 is 28.9 Å². The van der Waals surface area contributed by atoms with Crippen LogP contribution in [0.15, 0.2) is 42.5 Å². The highest BCUT2D eigenvalue weighted by atomic mass is 35.5. The third kappa shape index (κ3) is 4.93.